The minimum Gasteiger partial charge on any atom is -0.465 e. The molecule has 1 amide bonds. The van der Waals surface area contributed by atoms with Crippen LogP contribution in [-0.4, -0.2) is 30.4 Å². The topological polar surface area (TPSA) is 88.0 Å². The largest absolute Gasteiger partial charge is 0.465 e. The van der Waals surface area contributed by atoms with Gasteiger partial charge in [-0.05, 0) is 18.6 Å². The zero-order chi connectivity index (χ0) is 12.8. The Morgan fingerprint density at radius 2 is 2.18 bits per heavy atom. The molecular formula is C11H12N2O4. The number of anilines is 1. The van der Waals surface area contributed by atoms with Gasteiger partial charge in [-0.1, -0.05) is 17.3 Å². The summed E-state index contributed by atoms with van der Waals surface area (Å²) >= 11 is 0. The van der Waals surface area contributed by atoms with Crippen LogP contribution in [0.4, 0.5) is 5.69 Å². The third-order valence-corrected chi connectivity index (χ3v) is 2.10. The molecular weight excluding hydrogens is 224 g/mol. The standard InChI is InChI=1S/C11H12N2O4/c1-7-4-3-5-8(11(15)17-2)10(7)13-9(14)6-12-16/h3-6,16H,1-2H3,(H,13,14)/b12-6+. The van der Waals surface area contributed by atoms with Crippen LogP contribution < -0.4 is 5.32 Å². The number of amides is 1. The Morgan fingerprint density at radius 1 is 1.47 bits per heavy atom. The van der Waals surface area contributed by atoms with Crippen molar-refractivity contribution in [3.05, 3.63) is 29.3 Å². The first-order chi connectivity index (χ1) is 8.10. The van der Waals surface area contributed by atoms with Crippen LogP contribution in [0.25, 0.3) is 0 Å². The Morgan fingerprint density at radius 3 is 2.76 bits per heavy atom. The lowest BCUT2D eigenvalue weighted by atomic mass is 10.1. The number of methoxy groups -OCH3 is 1. The van der Waals surface area contributed by atoms with E-state index in [1.807, 2.05) is 0 Å². The number of para-hydroxylation sites is 1. The number of oxime groups is 1. The van der Waals surface area contributed by atoms with Crippen molar-refractivity contribution < 1.29 is 19.5 Å². The van der Waals surface area contributed by atoms with Crippen LogP contribution in [-0.2, 0) is 9.53 Å². The minimum absolute atomic E-state index is 0.243. The summed E-state index contributed by atoms with van der Waals surface area (Å²) in [5, 5.41) is 13.3. The molecule has 17 heavy (non-hydrogen) atoms. The molecule has 90 valence electrons. The van der Waals surface area contributed by atoms with E-state index in [0.29, 0.717) is 17.5 Å². The molecule has 0 spiro atoms. The number of esters is 1. The summed E-state index contributed by atoms with van der Waals surface area (Å²) in [5.41, 5.74) is 1.28. The Hall–Kier alpha value is -2.37. The molecule has 0 aromatic heterocycles. The van der Waals surface area contributed by atoms with Gasteiger partial charge in [0.2, 0.25) is 0 Å². The van der Waals surface area contributed by atoms with Crippen molar-refractivity contribution in [1.82, 2.24) is 0 Å². The first-order valence-corrected chi connectivity index (χ1v) is 4.76. The molecule has 0 aliphatic rings. The summed E-state index contributed by atoms with van der Waals surface area (Å²) in [5.74, 6) is -1.18. The van der Waals surface area contributed by atoms with Crippen molar-refractivity contribution in [1.29, 1.82) is 0 Å². The lowest BCUT2D eigenvalue weighted by Crippen LogP contribution is -2.17. The van der Waals surface area contributed by atoms with Crippen molar-refractivity contribution in [2.45, 2.75) is 6.92 Å². The molecule has 0 saturated heterocycles. The second-order valence-electron chi connectivity index (χ2n) is 3.22. The van der Waals surface area contributed by atoms with Gasteiger partial charge in [-0.25, -0.2) is 4.79 Å². The second kappa shape index (κ2) is 5.64. The van der Waals surface area contributed by atoms with Crippen molar-refractivity contribution >= 4 is 23.8 Å². The Bertz CT molecular complexity index is 469. The maximum absolute atomic E-state index is 11.5. The van der Waals surface area contributed by atoms with E-state index >= 15 is 0 Å². The van der Waals surface area contributed by atoms with Crippen LogP contribution >= 0.6 is 0 Å². The number of ether oxygens (including phenoxy) is 1. The molecule has 0 fully saturated rings. The summed E-state index contributed by atoms with van der Waals surface area (Å²) in [6.45, 7) is 1.73. The van der Waals surface area contributed by atoms with Gasteiger partial charge in [0.05, 0.1) is 18.4 Å². The average Bonchev–Trinajstić information content (AvgIpc) is 2.31. The van der Waals surface area contributed by atoms with E-state index in [2.05, 4.69) is 15.2 Å². The number of nitrogens with one attached hydrogen (secondary N) is 1. The maximum Gasteiger partial charge on any atom is 0.339 e. The fourth-order valence-corrected chi connectivity index (χ4v) is 1.32. The molecule has 0 aliphatic heterocycles. The highest BCUT2D eigenvalue weighted by Crippen LogP contribution is 2.21. The second-order valence-corrected chi connectivity index (χ2v) is 3.22. The van der Waals surface area contributed by atoms with E-state index < -0.39 is 11.9 Å². The summed E-state index contributed by atoms with van der Waals surface area (Å²) in [6.07, 6.45) is 0.702. The summed E-state index contributed by atoms with van der Waals surface area (Å²) in [6, 6.07) is 4.94. The van der Waals surface area contributed by atoms with E-state index in [9.17, 15) is 9.59 Å². The molecule has 1 rings (SSSR count). The normalized spacial score (nSPS) is 10.2. The number of nitrogens with zero attached hydrogens (tertiary/aromatic N) is 1. The summed E-state index contributed by atoms with van der Waals surface area (Å²) in [7, 11) is 1.26. The highest BCUT2D eigenvalue weighted by Gasteiger charge is 2.14. The van der Waals surface area contributed by atoms with Crippen molar-refractivity contribution in [2.24, 2.45) is 5.16 Å². The van der Waals surface area contributed by atoms with Gasteiger partial charge in [-0.15, -0.1) is 0 Å². The van der Waals surface area contributed by atoms with E-state index in [1.165, 1.54) is 13.2 Å². The van der Waals surface area contributed by atoms with Gasteiger partial charge in [0.1, 0.15) is 6.21 Å². The zero-order valence-corrected chi connectivity index (χ0v) is 9.43. The van der Waals surface area contributed by atoms with E-state index in [4.69, 9.17) is 5.21 Å². The SMILES string of the molecule is COC(=O)c1cccc(C)c1NC(=O)/C=N/O. The van der Waals surface area contributed by atoms with Gasteiger partial charge < -0.3 is 15.3 Å². The molecule has 0 aliphatic carbocycles. The number of aryl methyl sites for hydroxylation is 1. The molecule has 0 radical (unpaired) electrons. The Labute approximate surface area is 97.9 Å². The van der Waals surface area contributed by atoms with Gasteiger partial charge in [0.25, 0.3) is 5.91 Å². The third kappa shape index (κ3) is 3.04. The first kappa shape index (κ1) is 12.7. The monoisotopic (exact) mass is 236 g/mol. The number of hydrogen-bond donors (Lipinski definition) is 2. The van der Waals surface area contributed by atoms with Crippen LogP contribution in [0.3, 0.4) is 0 Å². The number of carbonyl (C=O) groups is 2. The van der Waals surface area contributed by atoms with E-state index in [1.54, 1.807) is 19.1 Å². The van der Waals surface area contributed by atoms with Crippen molar-refractivity contribution in [3.63, 3.8) is 0 Å². The number of carbonyl (C=O) groups excluding carboxylic acids is 2. The highest BCUT2D eigenvalue weighted by molar-refractivity contribution is 6.32. The van der Waals surface area contributed by atoms with Crippen LogP contribution in [0.1, 0.15) is 15.9 Å². The predicted octanol–water partition coefficient (Wildman–Crippen LogP) is 1.18. The molecule has 1 aromatic rings. The first-order valence-electron chi connectivity index (χ1n) is 4.76. The van der Waals surface area contributed by atoms with Gasteiger partial charge in [-0.3, -0.25) is 4.79 Å². The predicted molar refractivity (Wildman–Crippen MR) is 61.4 cm³/mol. The molecule has 0 saturated carbocycles. The lowest BCUT2D eigenvalue weighted by molar-refractivity contribution is -0.110. The number of rotatable bonds is 3. The fraction of sp³-hybridized carbons (Fsp3) is 0.182. The van der Waals surface area contributed by atoms with E-state index in [0.717, 1.165) is 0 Å². The average molecular weight is 236 g/mol. The molecule has 0 atom stereocenters. The zero-order valence-electron chi connectivity index (χ0n) is 9.43. The molecule has 1 aromatic carbocycles. The van der Waals surface area contributed by atoms with Crippen LogP contribution in [0, 0.1) is 6.92 Å². The molecule has 6 nitrogen and oxygen atoms in total. The van der Waals surface area contributed by atoms with Crippen LogP contribution in [0.5, 0.6) is 0 Å². The number of hydrogen-bond acceptors (Lipinski definition) is 5. The van der Waals surface area contributed by atoms with Gasteiger partial charge >= 0.3 is 5.97 Å². The summed E-state index contributed by atoms with van der Waals surface area (Å²) in [4.78, 5) is 22.7. The molecule has 0 heterocycles. The minimum atomic E-state index is -0.632. The van der Waals surface area contributed by atoms with Crippen LogP contribution in [0.15, 0.2) is 23.4 Å². The highest BCUT2D eigenvalue weighted by atomic mass is 16.5. The van der Waals surface area contributed by atoms with Gasteiger partial charge in [0, 0.05) is 0 Å². The molecule has 0 unspecified atom stereocenters. The maximum atomic E-state index is 11.5. The van der Waals surface area contributed by atoms with Gasteiger partial charge in [0.15, 0.2) is 0 Å². The van der Waals surface area contributed by atoms with Crippen molar-refractivity contribution in [2.75, 3.05) is 12.4 Å². The smallest absolute Gasteiger partial charge is 0.339 e. The van der Waals surface area contributed by atoms with Gasteiger partial charge in [-0.2, -0.15) is 0 Å². The quantitative estimate of drug-likeness (QED) is 0.357. The lowest BCUT2D eigenvalue weighted by Gasteiger charge is -2.10. The Kier molecular flexibility index (Phi) is 4.21. The molecule has 2 N–H and O–H groups in total. The van der Waals surface area contributed by atoms with Crippen LogP contribution in [0.2, 0.25) is 0 Å². The molecule has 0 bridgehead atoms. The fourth-order valence-electron chi connectivity index (χ4n) is 1.32. The molecule has 6 heteroatoms. The summed E-state index contributed by atoms with van der Waals surface area (Å²) < 4.78 is 4.60. The Balaban J connectivity index is 3.12. The van der Waals surface area contributed by atoms with Crippen molar-refractivity contribution in [3.8, 4) is 0 Å². The van der Waals surface area contributed by atoms with E-state index in [-0.39, 0.29) is 5.56 Å². The third-order valence-electron chi connectivity index (χ3n) is 2.10. The number of benzene rings is 1.